The summed E-state index contributed by atoms with van der Waals surface area (Å²) in [5.41, 5.74) is 1.36. The SMILES string of the molecule is Cc1nsc2ncc(C(=O)NCC#CCNC(=O)C3CC3C)cc12. The van der Waals surface area contributed by atoms with Gasteiger partial charge in [-0.2, -0.15) is 4.37 Å². The van der Waals surface area contributed by atoms with Crippen molar-refractivity contribution in [2.75, 3.05) is 13.1 Å². The molecule has 2 amide bonds. The number of rotatable bonds is 4. The molecule has 6 nitrogen and oxygen atoms in total. The van der Waals surface area contributed by atoms with E-state index in [0.717, 1.165) is 22.3 Å². The molecule has 3 rings (SSSR count). The second kappa shape index (κ2) is 6.97. The average molecular weight is 342 g/mol. The van der Waals surface area contributed by atoms with Gasteiger partial charge in [-0.1, -0.05) is 18.8 Å². The van der Waals surface area contributed by atoms with Crippen LogP contribution in [0.3, 0.4) is 0 Å². The van der Waals surface area contributed by atoms with Crippen LogP contribution in [0.15, 0.2) is 12.3 Å². The zero-order valence-electron chi connectivity index (χ0n) is 13.5. The maximum atomic E-state index is 12.1. The van der Waals surface area contributed by atoms with Crippen LogP contribution in [0.2, 0.25) is 0 Å². The van der Waals surface area contributed by atoms with Crippen LogP contribution < -0.4 is 10.6 Å². The minimum absolute atomic E-state index is 0.0694. The molecule has 2 N–H and O–H groups in total. The second-order valence-electron chi connectivity index (χ2n) is 5.92. The van der Waals surface area contributed by atoms with Crippen LogP contribution >= 0.6 is 11.5 Å². The number of carbonyl (C=O) groups excluding carboxylic acids is 2. The number of hydrogen-bond acceptors (Lipinski definition) is 5. The van der Waals surface area contributed by atoms with E-state index in [-0.39, 0.29) is 24.3 Å². The van der Waals surface area contributed by atoms with Gasteiger partial charge in [-0.05, 0) is 36.9 Å². The Kier molecular flexibility index (Phi) is 4.76. The largest absolute Gasteiger partial charge is 0.345 e. The topological polar surface area (TPSA) is 84.0 Å². The van der Waals surface area contributed by atoms with Gasteiger partial charge in [0.05, 0.1) is 24.3 Å². The minimum atomic E-state index is -0.222. The number of aryl methyl sites for hydroxylation is 1. The van der Waals surface area contributed by atoms with Crippen LogP contribution in [-0.4, -0.2) is 34.3 Å². The Morgan fingerprint density at radius 2 is 2.04 bits per heavy atom. The molecule has 2 atom stereocenters. The van der Waals surface area contributed by atoms with Crippen molar-refractivity contribution in [3.05, 3.63) is 23.5 Å². The van der Waals surface area contributed by atoms with E-state index in [0.29, 0.717) is 18.0 Å². The van der Waals surface area contributed by atoms with E-state index in [4.69, 9.17) is 0 Å². The first kappa shape index (κ1) is 16.4. The minimum Gasteiger partial charge on any atom is -0.345 e. The lowest BCUT2D eigenvalue weighted by Crippen LogP contribution is -2.26. The van der Waals surface area contributed by atoms with E-state index in [9.17, 15) is 9.59 Å². The van der Waals surface area contributed by atoms with Gasteiger partial charge in [-0.3, -0.25) is 9.59 Å². The number of aromatic nitrogens is 2. The maximum Gasteiger partial charge on any atom is 0.253 e. The van der Waals surface area contributed by atoms with Gasteiger partial charge in [0.1, 0.15) is 4.83 Å². The first-order valence-corrected chi connectivity index (χ1v) is 8.57. The van der Waals surface area contributed by atoms with Gasteiger partial charge in [0, 0.05) is 17.5 Å². The summed E-state index contributed by atoms with van der Waals surface area (Å²) < 4.78 is 4.22. The molecular weight excluding hydrogens is 324 g/mol. The summed E-state index contributed by atoms with van der Waals surface area (Å²) in [5, 5.41) is 6.40. The van der Waals surface area contributed by atoms with Crippen LogP contribution in [0, 0.1) is 30.6 Å². The number of hydrogen-bond donors (Lipinski definition) is 2. The molecule has 0 aromatic carbocycles. The van der Waals surface area contributed by atoms with Gasteiger partial charge in [0.25, 0.3) is 5.91 Å². The fourth-order valence-corrected chi connectivity index (χ4v) is 3.10. The fraction of sp³-hybridized carbons (Fsp3) is 0.412. The van der Waals surface area contributed by atoms with Crippen LogP contribution in [0.5, 0.6) is 0 Å². The summed E-state index contributed by atoms with van der Waals surface area (Å²) in [5.74, 6) is 6.16. The summed E-state index contributed by atoms with van der Waals surface area (Å²) >= 11 is 1.32. The van der Waals surface area contributed by atoms with Crippen molar-refractivity contribution in [2.24, 2.45) is 11.8 Å². The maximum absolute atomic E-state index is 12.1. The molecule has 0 bridgehead atoms. The molecule has 1 saturated carbocycles. The number of pyridine rings is 1. The molecule has 2 unspecified atom stereocenters. The molecule has 0 aliphatic heterocycles. The first-order chi connectivity index (χ1) is 11.6. The Morgan fingerprint density at radius 1 is 1.33 bits per heavy atom. The number of fused-ring (bicyclic) bond motifs is 1. The van der Waals surface area contributed by atoms with Crippen molar-refractivity contribution in [1.29, 1.82) is 0 Å². The van der Waals surface area contributed by atoms with Gasteiger partial charge in [-0.15, -0.1) is 0 Å². The van der Waals surface area contributed by atoms with Crippen LogP contribution in [0.1, 0.15) is 29.4 Å². The van der Waals surface area contributed by atoms with Crippen LogP contribution in [-0.2, 0) is 4.79 Å². The Morgan fingerprint density at radius 3 is 2.75 bits per heavy atom. The van der Waals surface area contributed by atoms with Crippen LogP contribution in [0.25, 0.3) is 10.2 Å². The molecule has 24 heavy (non-hydrogen) atoms. The van der Waals surface area contributed by atoms with E-state index >= 15 is 0 Å². The van der Waals surface area contributed by atoms with Gasteiger partial charge >= 0.3 is 0 Å². The summed E-state index contributed by atoms with van der Waals surface area (Å²) in [6.07, 6.45) is 2.51. The molecule has 2 aromatic heterocycles. The lowest BCUT2D eigenvalue weighted by atomic mass is 10.2. The predicted octanol–water partition coefficient (Wildman–Crippen LogP) is 1.51. The molecule has 1 aliphatic rings. The van der Waals surface area contributed by atoms with Crippen molar-refractivity contribution in [1.82, 2.24) is 20.0 Å². The standard InChI is InChI=1S/C17H18N4O2S/c1-10-7-13(10)16(23)19-6-4-3-5-18-15(22)12-8-14-11(2)21-24-17(14)20-9-12/h8-10,13H,5-7H2,1-2H3,(H,18,22)(H,19,23). The Bertz CT molecular complexity index is 849. The molecule has 0 radical (unpaired) electrons. The highest BCUT2D eigenvalue weighted by atomic mass is 32.1. The monoisotopic (exact) mass is 342 g/mol. The first-order valence-electron chi connectivity index (χ1n) is 7.80. The van der Waals surface area contributed by atoms with Crippen LogP contribution in [0.4, 0.5) is 0 Å². The number of amides is 2. The molecule has 2 heterocycles. The molecular formula is C17H18N4O2S. The number of nitrogens with one attached hydrogen (secondary N) is 2. The molecule has 0 spiro atoms. The third-order valence-electron chi connectivity index (χ3n) is 4.03. The average Bonchev–Trinajstić information content (AvgIpc) is 3.21. The predicted molar refractivity (Wildman–Crippen MR) is 92.5 cm³/mol. The van der Waals surface area contributed by atoms with E-state index in [2.05, 4.69) is 38.8 Å². The zero-order valence-corrected chi connectivity index (χ0v) is 14.4. The third-order valence-corrected chi connectivity index (χ3v) is 4.90. The third kappa shape index (κ3) is 3.71. The van der Waals surface area contributed by atoms with E-state index < -0.39 is 0 Å². The highest BCUT2D eigenvalue weighted by Crippen LogP contribution is 2.37. The highest BCUT2D eigenvalue weighted by Gasteiger charge is 2.38. The molecule has 124 valence electrons. The quantitative estimate of drug-likeness (QED) is 0.825. The number of carbonyl (C=O) groups is 2. The molecule has 0 saturated heterocycles. The molecule has 7 heteroatoms. The Labute approximate surface area is 144 Å². The number of nitrogens with zero attached hydrogens (tertiary/aromatic N) is 2. The lowest BCUT2D eigenvalue weighted by Gasteiger charge is -2.01. The Hall–Kier alpha value is -2.46. The van der Waals surface area contributed by atoms with Crippen molar-refractivity contribution >= 4 is 33.6 Å². The van der Waals surface area contributed by atoms with Gasteiger partial charge < -0.3 is 10.6 Å². The van der Waals surface area contributed by atoms with Crippen molar-refractivity contribution < 1.29 is 9.59 Å². The smallest absolute Gasteiger partial charge is 0.253 e. The summed E-state index contributed by atoms with van der Waals surface area (Å²) in [7, 11) is 0. The zero-order chi connectivity index (χ0) is 17.1. The Balaban J connectivity index is 1.46. The fourth-order valence-electron chi connectivity index (χ4n) is 2.37. The van der Waals surface area contributed by atoms with E-state index in [1.165, 1.54) is 11.5 Å². The van der Waals surface area contributed by atoms with Crippen molar-refractivity contribution in [3.8, 4) is 11.8 Å². The lowest BCUT2D eigenvalue weighted by molar-refractivity contribution is -0.122. The second-order valence-corrected chi connectivity index (χ2v) is 6.67. The van der Waals surface area contributed by atoms with Gasteiger partial charge in [0.15, 0.2) is 0 Å². The summed E-state index contributed by atoms with van der Waals surface area (Å²) in [6, 6.07) is 1.79. The van der Waals surface area contributed by atoms with Gasteiger partial charge in [0.2, 0.25) is 5.91 Å². The highest BCUT2D eigenvalue weighted by molar-refractivity contribution is 7.12. The van der Waals surface area contributed by atoms with Crippen molar-refractivity contribution in [2.45, 2.75) is 20.3 Å². The normalized spacial score (nSPS) is 18.6. The van der Waals surface area contributed by atoms with Crippen molar-refractivity contribution in [3.63, 3.8) is 0 Å². The summed E-state index contributed by atoms with van der Waals surface area (Å²) in [4.78, 5) is 28.7. The summed E-state index contributed by atoms with van der Waals surface area (Å²) in [6.45, 7) is 4.49. The van der Waals surface area contributed by atoms with E-state index in [1.54, 1.807) is 12.3 Å². The molecule has 1 fully saturated rings. The van der Waals surface area contributed by atoms with Gasteiger partial charge in [-0.25, -0.2) is 4.98 Å². The van der Waals surface area contributed by atoms with E-state index in [1.807, 2.05) is 6.92 Å². The molecule has 1 aliphatic carbocycles. The molecule has 2 aromatic rings.